The number of ether oxygens (including phenoxy) is 7. The third kappa shape index (κ3) is 31.7. The van der Waals surface area contributed by atoms with Crippen molar-refractivity contribution in [2.24, 2.45) is 59.0 Å². The van der Waals surface area contributed by atoms with Crippen LogP contribution in [0.3, 0.4) is 0 Å². The van der Waals surface area contributed by atoms with Gasteiger partial charge in [0.25, 0.3) is 0 Å². The number of carbonyl (C=O) groups excluding carboxylic acids is 10. The number of amides is 9. The van der Waals surface area contributed by atoms with E-state index in [1.165, 1.54) is 26.2 Å². The average molecular weight is 1670 g/mol. The zero-order valence-corrected chi connectivity index (χ0v) is 73.0. The van der Waals surface area contributed by atoms with E-state index in [4.69, 9.17) is 38.9 Å². The standard InChI is InChI=1S/C92H133N9O19/c1-15-63(8)86(79(114-13)57-83(107)100-44-24-32-76(100)87(115-14)65(10)77(102)55-72(90(110)111)54-66-25-17-16-18-26-66)98(11)89(109)74(60(2)3)56-78(103)85(62(6)7)99(12)92(113)120-59-67-33-37-73(38-34-67)96-88(108)70(30-23-42-95-91(93)112)53-64(9)84(61(4)5)97-81(105)41-45-116-47-49-118-51-52-119-50-48-117-46-43-94-80(104)39-40-82(106)101-58-71-29-20-19-27-68(71)35-36-69-28-21-22-31-75(69)101/h16-22,25-29,31,33-34,37-38,60-65,70,72,74,76,79,84-87H,15,23-24,30,32,39-59H2,1-14H3,(H,94,104)(H,96,108)(H,97,105)(H,110,111)(H3,93,95,112)/t63-,64?,65-,70+,72+,74-,76-,79+,84-,85-,86-,87+/m0/s1. The Balaban J connectivity index is 0.904. The molecule has 28 heteroatoms. The van der Waals surface area contributed by atoms with Gasteiger partial charge in [-0.3, -0.25) is 43.2 Å². The molecule has 660 valence electrons. The van der Waals surface area contributed by atoms with E-state index in [0.29, 0.717) is 95.9 Å². The number of primary amides is 1. The number of urea groups is 1. The van der Waals surface area contributed by atoms with Crippen LogP contribution in [-0.2, 0) is 95.9 Å². The number of anilines is 2. The molecule has 1 unspecified atom stereocenters. The highest BCUT2D eigenvalue weighted by atomic mass is 16.6. The number of likely N-dealkylation sites (N-methyl/N-ethyl adjacent to an activating group) is 2. The number of Topliss-reactive ketones (excluding diaryl/α,β-unsaturated/α-hetero) is 2. The minimum atomic E-state index is -1.07. The molecular weight excluding hydrogens is 1540 g/mol. The van der Waals surface area contributed by atoms with Crippen LogP contribution in [0.2, 0.25) is 0 Å². The molecule has 0 aliphatic carbocycles. The lowest BCUT2D eigenvalue weighted by atomic mass is 9.82. The quantitative estimate of drug-likeness (QED) is 0.0177. The summed E-state index contributed by atoms with van der Waals surface area (Å²) >= 11 is 0. The first-order chi connectivity index (χ1) is 57.4. The largest absolute Gasteiger partial charge is 0.481 e. The number of methoxy groups -OCH3 is 2. The minimum Gasteiger partial charge on any atom is -0.481 e. The normalized spacial score (nSPS) is 15.9. The predicted octanol–water partition coefficient (Wildman–Crippen LogP) is 10.8. The summed E-state index contributed by atoms with van der Waals surface area (Å²) in [6, 6.07) is 28.2. The van der Waals surface area contributed by atoms with Crippen LogP contribution in [-0.4, -0.2) is 222 Å². The molecule has 7 N–H and O–H groups in total. The van der Waals surface area contributed by atoms with Gasteiger partial charge < -0.3 is 84.9 Å². The van der Waals surface area contributed by atoms with Crippen molar-refractivity contribution in [3.05, 3.63) is 131 Å². The number of aliphatic carboxylic acids is 1. The van der Waals surface area contributed by atoms with Crippen molar-refractivity contribution in [2.75, 3.05) is 111 Å². The molecule has 1 saturated heterocycles. The Morgan fingerprint density at radius 1 is 0.608 bits per heavy atom. The van der Waals surface area contributed by atoms with Gasteiger partial charge in [0, 0.05) is 121 Å². The molecule has 12 atom stereocenters. The summed E-state index contributed by atoms with van der Waals surface area (Å²) in [7, 11) is 6.17. The van der Waals surface area contributed by atoms with Gasteiger partial charge >= 0.3 is 18.1 Å². The molecular formula is C92H133N9O19. The molecule has 2 aliphatic rings. The Bertz CT molecular complexity index is 4000. The Kier molecular flexibility index (Phi) is 42.9. The van der Waals surface area contributed by atoms with Gasteiger partial charge in [0.05, 0.1) is 108 Å². The number of ketones is 2. The maximum Gasteiger partial charge on any atom is 0.410 e. The van der Waals surface area contributed by atoms with Crippen LogP contribution in [0.1, 0.15) is 174 Å². The third-order valence-electron chi connectivity index (χ3n) is 22.9. The molecule has 2 aliphatic heterocycles. The average Bonchev–Trinajstić information content (AvgIpc) is 1.28. The molecule has 0 saturated carbocycles. The molecule has 120 heavy (non-hydrogen) atoms. The highest BCUT2D eigenvalue weighted by Crippen LogP contribution is 2.34. The minimum absolute atomic E-state index is 0.00679. The van der Waals surface area contributed by atoms with Crippen LogP contribution in [0.25, 0.3) is 0 Å². The molecule has 9 amide bonds. The Hall–Kier alpha value is -9.63. The van der Waals surface area contributed by atoms with Crippen molar-refractivity contribution >= 4 is 76.5 Å². The van der Waals surface area contributed by atoms with E-state index in [0.717, 1.165) is 27.9 Å². The summed E-state index contributed by atoms with van der Waals surface area (Å²) in [5.41, 5.74) is 10.5. The highest BCUT2D eigenvalue weighted by molar-refractivity contribution is 5.97. The highest BCUT2D eigenvalue weighted by Gasteiger charge is 2.45. The smallest absolute Gasteiger partial charge is 0.410 e. The topological polar surface area (TPSA) is 360 Å². The number of fused-ring (bicyclic) bond motifs is 2. The number of nitrogens with one attached hydrogen (secondary N) is 4. The predicted molar refractivity (Wildman–Crippen MR) is 458 cm³/mol. The first-order valence-electron chi connectivity index (χ1n) is 42.5. The van der Waals surface area contributed by atoms with E-state index in [2.05, 4.69) is 33.1 Å². The van der Waals surface area contributed by atoms with Gasteiger partial charge in [-0.2, -0.15) is 0 Å². The van der Waals surface area contributed by atoms with Crippen molar-refractivity contribution in [1.29, 1.82) is 0 Å². The van der Waals surface area contributed by atoms with E-state index in [1.807, 2.05) is 141 Å². The number of carboxylic acids is 1. The lowest BCUT2D eigenvalue weighted by Gasteiger charge is -2.41. The van der Waals surface area contributed by atoms with Crippen molar-refractivity contribution in [3.8, 4) is 11.8 Å². The second-order valence-corrected chi connectivity index (χ2v) is 32.7. The summed E-state index contributed by atoms with van der Waals surface area (Å²) in [5.74, 6) is -0.732. The number of rotatable bonds is 54. The van der Waals surface area contributed by atoms with E-state index in [1.54, 1.807) is 52.9 Å². The Labute approximate surface area is 709 Å². The zero-order valence-electron chi connectivity index (χ0n) is 73.0. The molecule has 28 nitrogen and oxygen atoms in total. The van der Waals surface area contributed by atoms with Gasteiger partial charge in [-0.1, -0.05) is 160 Å². The fourth-order valence-electron chi connectivity index (χ4n) is 16.0. The number of hydrogen-bond acceptors (Lipinski definition) is 18. The van der Waals surface area contributed by atoms with E-state index < -0.39 is 72.1 Å². The van der Waals surface area contributed by atoms with Crippen molar-refractivity contribution in [3.63, 3.8) is 0 Å². The van der Waals surface area contributed by atoms with Crippen LogP contribution in [0.15, 0.2) is 103 Å². The maximum absolute atomic E-state index is 15.0. The van der Waals surface area contributed by atoms with Gasteiger partial charge in [0.2, 0.25) is 35.4 Å². The lowest BCUT2D eigenvalue weighted by molar-refractivity contribution is -0.149. The van der Waals surface area contributed by atoms with Crippen molar-refractivity contribution in [1.82, 2.24) is 30.7 Å². The van der Waals surface area contributed by atoms with Crippen LogP contribution in [0, 0.1) is 65.1 Å². The number of carbonyl (C=O) groups is 11. The molecule has 0 radical (unpaired) electrons. The third-order valence-corrected chi connectivity index (χ3v) is 22.9. The lowest BCUT2D eigenvalue weighted by Crippen LogP contribution is -2.54. The number of para-hydroxylation sites is 1. The number of benzene rings is 4. The zero-order chi connectivity index (χ0) is 88.0. The summed E-state index contributed by atoms with van der Waals surface area (Å²) in [4.78, 5) is 156. The monoisotopic (exact) mass is 1670 g/mol. The van der Waals surface area contributed by atoms with Gasteiger partial charge in [-0.25, -0.2) is 9.59 Å². The van der Waals surface area contributed by atoms with Crippen LogP contribution < -0.4 is 31.9 Å². The second-order valence-electron chi connectivity index (χ2n) is 32.7. The number of nitrogens with two attached hydrogens (primary N) is 1. The molecule has 4 aromatic carbocycles. The first-order valence-corrected chi connectivity index (χ1v) is 42.5. The Morgan fingerprint density at radius 2 is 1.23 bits per heavy atom. The fraction of sp³-hybridized carbons (Fsp3) is 0.598. The molecule has 2 heterocycles. The van der Waals surface area contributed by atoms with Gasteiger partial charge in [0.1, 0.15) is 12.4 Å². The van der Waals surface area contributed by atoms with E-state index >= 15 is 0 Å². The molecule has 4 aromatic rings. The number of carboxylic acid groups (broad SMARTS) is 1. The van der Waals surface area contributed by atoms with Gasteiger partial charge in [-0.05, 0) is 115 Å². The SMILES string of the molecule is CC[C@H](C)[C@@H]([C@@H](CC(=O)N1CCC[C@H]1[C@H](OC)[C@@H](C)C(=O)C[C@@H](Cc1ccccc1)C(=O)O)OC)N(C)C(=O)[C@@H](CC(=O)[C@H](C(C)C)N(C)C(=O)OCc1ccc(NC(=O)[C@H](CCCNC(N)=O)CC(C)[C@@H](NC(=O)CCOCCOCCOCCOCCNC(=O)CCC(=O)N2Cc3ccccc3C#Cc3ccccc32)C(C)C)cc1)C(C)C. The molecule has 0 spiro atoms. The summed E-state index contributed by atoms with van der Waals surface area (Å²) in [6.45, 7) is 22.5. The number of hydrogen-bond donors (Lipinski definition) is 6. The summed E-state index contributed by atoms with van der Waals surface area (Å²) < 4.78 is 40.5. The molecule has 0 aromatic heterocycles. The second kappa shape index (κ2) is 51.9. The van der Waals surface area contributed by atoms with Crippen LogP contribution in [0.4, 0.5) is 21.0 Å². The maximum atomic E-state index is 15.0. The Morgan fingerprint density at radius 3 is 1.85 bits per heavy atom. The van der Waals surface area contributed by atoms with Gasteiger partial charge in [-0.15, -0.1) is 0 Å². The first kappa shape index (κ1) is 99.2. The molecule has 1 fully saturated rings. The van der Waals surface area contributed by atoms with Crippen molar-refractivity contribution < 1.29 is 91.0 Å². The molecule has 0 bridgehead atoms. The van der Waals surface area contributed by atoms with Crippen LogP contribution in [0.5, 0.6) is 0 Å². The fourth-order valence-corrected chi connectivity index (χ4v) is 16.0. The van der Waals surface area contributed by atoms with E-state index in [-0.39, 0.29) is 167 Å². The molecule has 6 rings (SSSR count). The summed E-state index contributed by atoms with van der Waals surface area (Å²) in [6.07, 6.45) is 0.765. The number of likely N-dealkylation sites (tertiary alicyclic amines) is 1. The number of nitrogens with zero attached hydrogens (tertiary/aromatic N) is 4. The van der Waals surface area contributed by atoms with E-state index in [9.17, 15) is 57.8 Å². The van der Waals surface area contributed by atoms with Crippen molar-refractivity contribution in [2.45, 2.75) is 202 Å². The summed E-state index contributed by atoms with van der Waals surface area (Å²) in [5, 5.41) is 21.7. The van der Waals surface area contributed by atoms with Gasteiger partial charge in [0.15, 0.2) is 5.78 Å². The van der Waals surface area contributed by atoms with Crippen LogP contribution >= 0.6 is 0 Å².